The highest BCUT2D eigenvalue weighted by Gasteiger charge is 2.23. The summed E-state index contributed by atoms with van der Waals surface area (Å²) in [5, 5.41) is 16.7. The molecule has 0 bridgehead atoms. The summed E-state index contributed by atoms with van der Waals surface area (Å²) in [5.41, 5.74) is -0.0769. The van der Waals surface area contributed by atoms with Crippen molar-refractivity contribution in [1.82, 2.24) is 9.97 Å². The van der Waals surface area contributed by atoms with Crippen LogP contribution in [0.25, 0.3) is 0 Å². The third-order valence-corrected chi connectivity index (χ3v) is 3.29. The molecule has 0 atom stereocenters. The molecule has 0 saturated heterocycles. The van der Waals surface area contributed by atoms with Gasteiger partial charge in [-0.15, -0.1) is 0 Å². The van der Waals surface area contributed by atoms with Crippen LogP contribution in [0.5, 0.6) is 0 Å². The summed E-state index contributed by atoms with van der Waals surface area (Å²) in [5.74, 6) is -3.00. The van der Waals surface area contributed by atoms with Crippen molar-refractivity contribution in [2.45, 2.75) is 0 Å². The van der Waals surface area contributed by atoms with Crippen molar-refractivity contribution in [2.75, 3.05) is 10.6 Å². The lowest BCUT2D eigenvalue weighted by molar-refractivity contribution is -0.383. The number of halogens is 3. The molecule has 1 aromatic heterocycles. The van der Waals surface area contributed by atoms with E-state index in [0.717, 1.165) is 18.5 Å². The minimum absolute atomic E-state index is 0.0680. The third kappa shape index (κ3) is 3.69. The number of nitro groups is 1. The summed E-state index contributed by atoms with van der Waals surface area (Å²) < 4.78 is 39.3. The van der Waals surface area contributed by atoms with E-state index in [-0.39, 0.29) is 17.3 Å². The quantitative estimate of drug-likeness (QED) is 0.520. The van der Waals surface area contributed by atoms with Gasteiger partial charge in [0.25, 0.3) is 0 Å². The number of aromatic nitrogens is 2. The van der Waals surface area contributed by atoms with Gasteiger partial charge < -0.3 is 10.6 Å². The first-order chi connectivity index (χ1) is 12.4. The van der Waals surface area contributed by atoms with Gasteiger partial charge in [-0.05, 0) is 36.4 Å². The Labute approximate surface area is 144 Å². The van der Waals surface area contributed by atoms with Crippen LogP contribution in [0.3, 0.4) is 0 Å². The Balaban J connectivity index is 1.96. The average Bonchev–Trinajstić information content (AvgIpc) is 2.60. The van der Waals surface area contributed by atoms with Crippen LogP contribution in [0.15, 0.2) is 48.8 Å². The second kappa shape index (κ2) is 7.05. The van der Waals surface area contributed by atoms with E-state index in [2.05, 4.69) is 20.6 Å². The number of nitrogens with one attached hydrogen (secondary N) is 2. The number of hydrogen-bond donors (Lipinski definition) is 2. The second-order valence-electron chi connectivity index (χ2n) is 5.06. The number of rotatable bonds is 5. The lowest BCUT2D eigenvalue weighted by Gasteiger charge is -2.10. The summed E-state index contributed by atoms with van der Waals surface area (Å²) in [6.45, 7) is 0. The van der Waals surface area contributed by atoms with Crippen LogP contribution in [0.1, 0.15) is 0 Å². The van der Waals surface area contributed by atoms with E-state index in [9.17, 15) is 23.3 Å². The Morgan fingerprint density at radius 3 is 2.00 bits per heavy atom. The number of hydrogen-bond acceptors (Lipinski definition) is 6. The summed E-state index contributed by atoms with van der Waals surface area (Å²) >= 11 is 0. The summed E-state index contributed by atoms with van der Waals surface area (Å²) in [6, 6.07) is 8.03. The summed E-state index contributed by atoms with van der Waals surface area (Å²) in [6.07, 6.45) is 1.06. The van der Waals surface area contributed by atoms with Gasteiger partial charge in [0.15, 0.2) is 11.6 Å². The molecule has 0 amide bonds. The van der Waals surface area contributed by atoms with Gasteiger partial charge in [-0.25, -0.2) is 23.1 Å². The zero-order valence-corrected chi connectivity index (χ0v) is 12.9. The van der Waals surface area contributed by atoms with Crippen molar-refractivity contribution >= 4 is 28.7 Å². The molecule has 0 aliphatic rings. The maximum absolute atomic E-state index is 13.3. The number of benzene rings is 2. The molecule has 2 N–H and O–H groups in total. The van der Waals surface area contributed by atoms with Crippen LogP contribution in [0, 0.1) is 27.6 Å². The van der Waals surface area contributed by atoms with Gasteiger partial charge in [0.2, 0.25) is 11.6 Å². The molecule has 0 saturated carbocycles. The Kier molecular flexibility index (Phi) is 4.65. The van der Waals surface area contributed by atoms with E-state index >= 15 is 0 Å². The fourth-order valence-electron chi connectivity index (χ4n) is 2.12. The van der Waals surface area contributed by atoms with Crippen LogP contribution in [0.2, 0.25) is 0 Å². The lowest BCUT2D eigenvalue weighted by atomic mass is 10.3. The highest BCUT2D eigenvalue weighted by Crippen LogP contribution is 2.33. The van der Waals surface area contributed by atoms with Crippen molar-refractivity contribution < 1.29 is 18.1 Å². The van der Waals surface area contributed by atoms with Crippen molar-refractivity contribution in [1.29, 1.82) is 0 Å². The van der Waals surface area contributed by atoms with Crippen LogP contribution in [-0.2, 0) is 0 Å². The Morgan fingerprint density at radius 1 is 0.846 bits per heavy atom. The molecule has 0 fully saturated rings. The van der Waals surface area contributed by atoms with Gasteiger partial charge in [0, 0.05) is 17.4 Å². The third-order valence-electron chi connectivity index (χ3n) is 3.29. The van der Waals surface area contributed by atoms with Crippen LogP contribution < -0.4 is 10.6 Å². The molecule has 0 aliphatic carbocycles. The first-order valence-electron chi connectivity index (χ1n) is 7.18. The molecule has 0 aliphatic heterocycles. The molecule has 0 spiro atoms. The first kappa shape index (κ1) is 17.1. The van der Waals surface area contributed by atoms with Crippen molar-refractivity contribution in [3.63, 3.8) is 0 Å². The van der Waals surface area contributed by atoms with Gasteiger partial charge in [0.1, 0.15) is 12.1 Å². The second-order valence-corrected chi connectivity index (χ2v) is 5.06. The molecule has 7 nitrogen and oxygen atoms in total. The molecule has 26 heavy (non-hydrogen) atoms. The molecular weight excluding hydrogens is 351 g/mol. The van der Waals surface area contributed by atoms with Crippen LogP contribution in [0.4, 0.5) is 41.9 Å². The predicted molar refractivity (Wildman–Crippen MR) is 88.0 cm³/mol. The van der Waals surface area contributed by atoms with Gasteiger partial charge in [0.05, 0.1) is 4.92 Å². The maximum atomic E-state index is 13.3. The monoisotopic (exact) mass is 361 g/mol. The Hall–Kier alpha value is -3.69. The van der Waals surface area contributed by atoms with E-state index in [1.807, 2.05) is 0 Å². The molecule has 132 valence electrons. The topological polar surface area (TPSA) is 93.0 Å². The van der Waals surface area contributed by atoms with Crippen molar-refractivity contribution in [3.8, 4) is 0 Å². The zero-order valence-electron chi connectivity index (χ0n) is 12.9. The van der Waals surface area contributed by atoms with E-state index in [0.29, 0.717) is 5.69 Å². The van der Waals surface area contributed by atoms with Crippen LogP contribution in [-0.4, -0.2) is 14.9 Å². The van der Waals surface area contributed by atoms with Crippen molar-refractivity contribution in [2.24, 2.45) is 0 Å². The normalized spacial score (nSPS) is 10.4. The zero-order chi connectivity index (χ0) is 18.7. The van der Waals surface area contributed by atoms with Crippen molar-refractivity contribution in [3.05, 3.63) is 76.4 Å². The first-order valence-corrected chi connectivity index (χ1v) is 7.18. The van der Waals surface area contributed by atoms with E-state index in [4.69, 9.17) is 0 Å². The standard InChI is InChI=1S/C16H10F3N5O2/c17-9-1-3-10(4-2-9)22-15-14(24(25)26)16(21-8-20-15)23-11-5-6-12(18)13(19)7-11/h1-8H,(H2,20,21,22,23). The number of anilines is 4. The van der Waals surface area contributed by atoms with Gasteiger partial charge in [-0.2, -0.15) is 0 Å². The molecule has 3 aromatic rings. The van der Waals surface area contributed by atoms with Gasteiger partial charge in [-0.1, -0.05) is 0 Å². The molecule has 3 rings (SSSR count). The molecule has 2 aromatic carbocycles. The Bertz CT molecular complexity index is 967. The van der Waals surface area contributed by atoms with Gasteiger partial charge in [-0.3, -0.25) is 10.1 Å². The highest BCUT2D eigenvalue weighted by molar-refractivity contribution is 5.76. The SMILES string of the molecule is O=[N+]([O-])c1c(Nc2ccc(F)cc2)ncnc1Nc1ccc(F)c(F)c1. The molecule has 0 radical (unpaired) electrons. The fourth-order valence-corrected chi connectivity index (χ4v) is 2.12. The summed E-state index contributed by atoms with van der Waals surface area (Å²) in [4.78, 5) is 18.3. The lowest BCUT2D eigenvalue weighted by Crippen LogP contribution is -2.05. The maximum Gasteiger partial charge on any atom is 0.353 e. The molecular formula is C16H10F3N5O2. The van der Waals surface area contributed by atoms with Gasteiger partial charge >= 0.3 is 5.69 Å². The largest absolute Gasteiger partial charge is 0.353 e. The predicted octanol–water partition coefficient (Wildman–Crippen LogP) is 4.29. The smallest absolute Gasteiger partial charge is 0.334 e. The summed E-state index contributed by atoms with van der Waals surface area (Å²) in [7, 11) is 0. The minimum Gasteiger partial charge on any atom is -0.334 e. The fraction of sp³-hybridized carbons (Fsp3) is 0. The minimum atomic E-state index is -1.11. The molecule has 0 unspecified atom stereocenters. The average molecular weight is 361 g/mol. The molecule has 1 heterocycles. The van der Waals surface area contributed by atoms with Crippen LogP contribution >= 0.6 is 0 Å². The molecule has 10 heteroatoms. The Morgan fingerprint density at radius 2 is 1.42 bits per heavy atom. The number of nitrogens with zero attached hydrogens (tertiary/aromatic N) is 3. The van der Waals surface area contributed by atoms with E-state index in [1.165, 1.54) is 30.3 Å². The van der Waals surface area contributed by atoms with E-state index in [1.54, 1.807) is 0 Å². The highest BCUT2D eigenvalue weighted by atomic mass is 19.2. The van der Waals surface area contributed by atoms with E-state index < -0.39 is 28.1 Å².